The van der Waals surface area contributed by atoms with Gasteiger partial charge >= 0.3 is 6.03 Å². The summed E-state index contributed by atoms with van der Waals surface area (Å²) in [6.07, 6.45) is 0. The fraction of sp³-hybridized carbons (Fsp3) is 0.133. The fourth-order valence-corrected chi connectivity index (χ4v) is 2.61. The number of ether oxygens (including phenoxy) is 2. The highest BCUT2D eigenvalue weighted by molar-refractivity contribution is 7.12. The third kappa shape index (κ3) is 3.32. The van der Waals surface area contributed by atoms with Crippen LogP contribution in [0.25, 0.3) is 10.2 Å². The minimum atomic E-state index is -0.361. The minimum Gasteiger partial charge on any atom is -0.493 e. The number of anilines is 2. The van der Waals surface area contributed by atoms with E-state index in [9.17, 15) is 4.79 Å². The summed E-state index contributed by atoms with van der Waals surface area (Å²) in [4.78, 5) is 12.1. The van der Waals surface area contributed by atoms with Crippen molar-refractivity contribution in [3.05, 3.63) is 36.4 Å². The molecule has 0 spiro atoms. The van der Waals surface area contributed by atoms with Gasteiger partial charge in [0.25, 0.3) is 0 Å². The monoisotopic (exact) mass is 330 g/mol. The summed E-state index contributed by atoms with van der Waals surface area (Å²) in [5.74, 6) is 1.14. The topological polar surface area (TPSA) is 85.4 Å². The molecule has 118 valence electrons. The number of hydrogen-bond donors (Lipinski definition) is 2. The number of urea groups is 1. The Hall–Kier alpha value is -2.87. The first-order chi connectivity index (χ1) is 11.2. The first-order valence-electron chi connectivity index (χ1n) is 6.72. The van der Waals surface area contributed by atoms with Gasteiger partial charge in [-0.2, -0.15) is 0 Å². The van der Waals surface area contributed by atoms with Gasteiger partial charge in [-0.25, -0.2) is 4.79 Å². The van der Waals surface area contributed by atoms with Crippen LogP contribution in [0.4, 0.5) is 16.2 Å². The average molecular weight is 330 g/mol. The number of rotatable bonds is 4. The normalized spacial score (nSPS) is 10.3. The molecule has 0 radical (unpaired) electrons. The van der Waals surface area contributed by atoms with Gasteiger partial charge in [0.1, 0.15) is 5.52 Å². The Morgan fingerprint density at radius 2 is 1.70 bits per heavy atom. The van der Waals surface area contributed by atoms with Crippen molar-refractivity contribution in [1.82, 2.24) is 9.59 Å². The van der Waals surface area contributed by atoms with E-state index in [0.29, 0.717) is 22.9 Å². The van der Waals surface area contributed by atoms with Gasteiger partial charge in [0.2, 0.25) is 0 Å². The number of aromatic nitrogens is 2. The molecule has 0 fully saturated rings. The Kier molecular flexibility index (Phi) is 4.24. The molecule has 0 aliphatic heterocycles. The predicted molar refractivity (Wildman–Crippen MR) is 89.6 cm³/mol. The molecular weight excluding hydrogens is 316 g/mol. The summed E-state index contributed by atoms with van der Waals surface area (Å²) in [7, 11) is 3.10. The van der Waals surface area contributed by atoms with Gasteiger partial charge in [-0.3, -0.25) is 0 Å². The number of methoxy groups -OCH3 is 2. The molecule has 2 aromatic carbocycles. The second-order valence-corrected chi connectivity index (χ2v) is 5.39. The molecule has 23 heavy (non-hydrogen) atoms. The maximum atomic E-state index is 12.1. The lowest BCUT2D eigenvalue weighted by molar-refractivity contribution is 0.262. The molecule has 3 rings (SSSR count). The number of carbonyl (C=O) groups excluding carboxylic acids is 1. The summed E-state index contributed by atoms with van der Waals surface area (Å²) >= 11 is 1.31. The zero-order chi connectivity index (χ0) is 16.2. The van der Waals surface area contributed by atoms with Gasteiger partial charge in [0, 0.05) is 17.4 Å². The van der Waals surface area contributed by atoms with E-state index in [1.807, 2.05) is 6.07 Å². The van der Waals surface area contributed by atoms with Crippen molar-refractivity contribution >= 4 is 39.2 Å². The SMILES string of the molecule is COc1ccc(NC(=O)Nc2ccc3snnc3c2)cc1OC. The van der Waals surface area contributed by atoms with E-state index in [1.165, 1.54) is 11.5 Å². The van der Waals surface area contributed by atoms with Crippen molar-refractivity contribution < 1.29 is 14.3 Å². The molecule has 0 unspecified atom stereocenters. The summed E-state index contributed by atoms with van der Waals surface area (Å²) in [5, 5.41) is 9.47. The van der Waals surface area contributed by atoms with Crippen LogP contribution in [-0.2, 0) is 0 Å². The molecule has 2 amide bonds. The van der Waals surface area contributed by atoms with Crippen LogP contribution >= 0.6 is 11.5 Å². The molecule has 0 bridgehead atoms. The Labute approximate surface area is 136 Å². The largest absolute Gasteiger partial charge is 0.493 e. The van der Waals surface area contributed by atoms with E-state index < -0.39 is 0 Å². The van der Waals surface area contributed by atoms with Gasteiger partial charge in [-0.05, 0) is 41.9 Å². The molecule has 1 heterocycles. The summed E-state index contributed by atoms with van der Waals surface area (Å²) in [6.45, 7) is 0. The maximum Gasteiger partial charge on any atom is 0.323 e. The first-order valence-corrected chi connectivity index (χ1v) is 7.49. The average Bonchev–Trinajstić information content (AvgIpc) is 3.02. The van der Waals surface area contributed by atoms with E-state index in [0.717, 1.165) is 10.2 Å². The molecule has 2 N–H and O–H groups in total. The zero-order valence-corrected chi connectivity index (χ0v) is 13.3. The summed E-state index contributed by atoms with van der Waals surface area (Å²) in [6, 6.07) is 10.2. The summed E-state index contributed by atoms with van der Waals surface area (Å²) < 4.78 is 15.2. The van der Waals surface area contributed by atoms with Crippen molar-refractivity contribution in [1.29, 1.82) is 0 Å². The smallest absolute Gasteiger partial charge is 0.323 e. The van der Waals surface area contributed by atoms with Crippen molar-refractivity contribution in [3.8, 4) is 11.5 Å². The number of benzene rings is 2. The van der Waals surface area contributed by atoms with Gasteiger partial charge in [-0.1, -0.05) is 4.49 Å². The quantitative estimate of drug-likeness (QED) is 0.766. The number of nitrogens with one attached hydrogen (secondary N) is 2. The minimum absolute atomic E-state index is 0.361. The van der Waals surface area contributed by atoms with Gasteiger partial charge < -0.3 is 20.1 Å². The van der Waals surface area contributed by atoms with Crippen LogP contribution in [0.1, 0.15) is 0 Å². The third-order valence-corrected chi connectivity index (χ3v) is 3.85. The van der Waals surface area contributed by atoms with Gasteiger partial charge in [-0.15, -0.1) is 5.10 Å². The lowest BCUT2D eigenvalue weighted by Gasteiger charge is -2.11. The predicted octanol–water partition coefficient (Wildman–Crippen LogP) is 3.35. The number of amides is 2. The van der Waals surface area contributed by atoms with Crippen molar-refractivity contribution in [3.63, 3.8) is 0 Å². The molecule has 3 aromatic rings. The van der Waals surface area contributed by atoms with Crippen LogP contribution in [0.15, 0.2) is 36.4 Å². The second kappa shape index (κ2) is 6.49. The molecule has 0 saturated heterocycles. The van der Waals surface area contributed by atoms with Crippen LogP contribution in [0, 0.1) is 0 Å². The van der Waals surface area contributed by atoms with Crippen molar-refractivity contribution in [2.24, 2.45) is 0 Å². The number of nitrogens with zero attached hydrogens (tertiary/aromatic N) is 2. The Balaban J connectivity index is 1.71. The van der Waals surface area contributed by atoms with Crippen molar-refractivity contribution in [2.45, 2.75) is 0 Å². The van der Waals surface area contributed by atoms with Crippen LogP contribution in [0.5, 0.6) is 11.5 Å². The Bertz CT molecular complexity index is 850. The van der Waals surface area contributed by atoms with Gasteiger partial charge in [0.15, 0.2) is 11.5 Å². The lowest BCUT2D eigenvalue weighted by atomic mass is 10.2. The van der Waals surface area contributed by atoms with Crippen LogP contribution in [-0.4, -0.2) is 29.8 Å². The molecule has 0 saturated carbocycles. The molecule has 0 aliphatic rings. The highest BCUT2D eigenvalue weighted by atomic mass is 32.1. The van der Waals surface area contributed by atoms with Gasteiger partial charge in [0.05, 0.1) is 18.9 Å². The number of fused-ring (bicyclic) bond motifs is 1. The van der Waals surface area contributed by atoms with E-state index in [1.54, 1.807) is 44.6 Å². The van der Waals surface area contributed by atoms with E-state index in [-0.39, 0.29) is 6.03 Å². The summed E-state index contributed by atoms with van der Waals surface area (Å²) in [5.41, 5.74) is 1.98. The lowest BCUT2D eigenvalue weighted by Crippen LogP contribution is -2.19. The van der Waals surface area contributed by atoms with Crippen LogP contribution in [0.2, 0.25) is 0 Å². The fourth-order valence-electron chi connectivity index (χ4n) is 2.07. The molecule has 7 nitrogen and oxygen atoms in total. The Morgan fingerprint density at radius 3 is 2.43 bits per heavy atom. The third-order valence-electron chi connectivity index (χ3n) is 3.15. The zero-order valence-electron chi connectivity index (χ0n) is 12.5. The van der Waals surface area contributed by atoms with Crippen LogP contribution < -0.4 is 20.1 Å². The van der Waals surface area contributed by atoms with E-state index in [2.05, 4.69) is 20.2 Å². The van der Waals surface area contributed by atoms with Crippen LogP contribution in [0.3, 0.4) is 0 Å². The molecular formula is C15H14N4O3S. The van der Waals surface area contributed by atoms with E-state index in [4.69, 9.17) is 9.47 Å². The van der Waals surface area contributed by atoms with Crippen molar-refractivity contribution in [2.75, 3.05) is 24.9 Å². The standard InChI is InChI=1S/C15H14N4O3S/c1-21-12-5-3-10(8-13(12)22-2)17-15(20)16-9-4-6-14-11(7-9)18-19-23-14/h3-8H,1-2H3,(H2,16,17,20). The molecule has 8 heteroatoms. The molecule has 0 aliphatic carbocycles. The first kappa shape index (κ1) is 15.0. The maximum absolute atomic E-state index is 12.1. The molecule has 1 aromatic heterocycles. The second-order valence-electron chi connectivity index (χ2n) is 4.60. The molecule has 0 atom stereocenters. The number of hydrogen-bond acceptors (Lipinski definition) is 6. The van der Waals surface area contributed by atoms with E-state index >= 15 is 0 Å². The number of carbonyl (C=O) groups is 1. The Morgan fingerprint density at radius 1 is 1.00 bits per heavy atom. The highest BCUT2D eigenvalue weighted by Crippen LogP contribution is 2.29. The highest BCUT2D eigenvalue weighted by Gasteiger charge is 2.08.